The predicted octanol–water partition coefficient (Wildman–Crippen LogP) is 4.20. The van der Waals surface area contributed by atoms with Gasteiger partial charge < -0.3 is 5.11 Å². The molecular weight excluding hydrogens is 306 g/mol. The highest BCUT2D eigenvalue weighted by Crippen LogP contribution is 2.34. The molecule has 0 fully saturated rings. The lowest BCUT2D eigenvalue weighted by Crippen LogP contribution is -2.05. The molecule has 0 heterocycles. The van der Waals surface area contributed by atoms with Crippen LogP contribution >= 0.6 is 0 Å². The number of phenols is 1. The summed E-state index contributed by atoms with van der Waals surface area (Å²) in [5.74, 6) is -0.286. The van der Waals surface area contributed by atoms with Crippen LogP contribution in [0.15, 0.2) is 72.8 Å². The third-order valence-electron chi connectivity index (χ3n) is 3.68. The molecule has 1 N–H and O–H groups in total. The van der Waals surface area contributed by atoms with Crippen molar-refractivity contribution in [3.63, 3.8) is 0 Å². The second-order valence-electron chi connectivity index (χ2n) is 5.20. The number of nitrogens with zero attached hydrogens (tertiary/aromatic N) is 1. The zero-order chi connectivity index (χ0) is 17.1. The van der Waals surface area contributed by atoms with Crippen LogP contribution in [-0.2, 0) is 0 Å². The summed E-state index contributed by atoms with van der Waals surface area (Å²) >= 11 is 0. The van der Waals surface area contributed by atoms with Crippen molar-refractivity contribution in [3.05, 3.63) is 94.0 Å². The Morgan fingerprint density at radius 1 is 0.875 bits per heavy atom. The second-order valence-corrected chi connectivity index (χ2v) is 5.20. The lowest BCUT2D eigenvalue weighted by Gasteiger charge is -2.10. The topological polar surface area (TPSA) is 80.4 Å². The zero-order valence-electron chi connectivity index (χ0n) is 12.5. The fourth-order valence-corrected chi connectivity index (χ4v) is 2.56. The average molecular weight is 319 g/mol. The van der Waals surface area contributed by atoms with Crippen molar-refractivity contribution >= 4 is 11.5 Å². The van der Waals surface area contributed by atoms with E-state index < -0.39 is 4.92 Å². The Balaban J connectivity index is 2.21. The number of nitro benzene ring substituents is 1. The van der Waals surface area contributed by atoms with Crippen molar-refractivity contribution in [1.29, 1.82) is 0 Å². The van der Waals surface area contributed by atoms with Gasteiger partial charge in [0.1, 0.15) is 5.75 Å². The van der Waals surface area contributed by atoms with Crippen molar-refractivity contribution in [2.24, 2.45) is 0 Å². The summed E-state index contributed by atoms with van der Waals surface area (Å²) in [6.07, 6.45) is 0. The first-order valence-electron chi connectivity index (χ1n) is 7.24. The summed E-state index contributed by atoms with van der Waals surface area (Å²) in [6, 6.07) is 19.1. The molecule has 0 atom stereocenters. The Morgan fingerprint density at radius 2 is 1.54 bits per heavy atom. The monoisotopic (exact) mass is 319 g/mol. The number of hydrogen-bond donors (Lipinski definition) is 1. The molecule has 0 amide bonds. The lowest BCUT2D eigenvalue weighted by molar-refractivity contribution is -0.384. The lowest BCUT2D eigenvalue weighted by atomic mass is 9.92. The number of nitro groups is 1. The summed E-state index contributed by atoms with van der Waals surface area (Å²) in [6.45, 7) is 0. The fourth-order valence-electron chi connectivity index (χ4n) is 2.56. The van der Waals surface area contributed by atoms with E-state index in [1.807, 2.05) is 0 Å². The third kappa shape index (κ3) is 2.87. The number of carbonyl (C=O) groups is 1. The number of rotatable bonds is 4. The smallest absolute Gasteiger partial charge is 0.277 e. The van der Waals surface area contributed by atoms with Gasteiger partial charge in [-0.15, -0.1) is 0 Å². The Morgan fingerprint density at radius 3 is 2.17 bits per heavy atom. The first-order chi connectivity index (χ1) is 11.6. The van der Waals surface area contributed by atoms with Crippen LogP contribution in [-0.4, -0.2) is 15.8 Å². The first-order valence-corrected chi connectivity index (χ1v) is 7.24. The van der Waals surface area contributed by atoms with E-state index in [9.17, 15) is 20.0 Å². The van der Waals surface area contributed by atoms with E-state index in [0.717, 1.165) is 0 Å². The van der Waals surface area contributed by atoms with Gasteiger partial charge in [0, 0.05) is 17.2 Å². The van der Waals surface area contributed by atoms with Gasteiger partial charge in [0.15, 0.2) is 5.78 Å². The molecule has 3 aromatic rings. The maximum atomic E-state index is 12.8. The summed E-state index contributed by atoms with van der Waals surface area (Å²) < 4.78 is 0. The van der Waals surface area contributed by atoms with Crippen LogP contribution < -0.4 is 0 Å². The molecule has 118 valence electrons. The standard InChI is InChI=1S/C19H13NO4/c21-15-11-9-14(10-12-15)19(22)16-7-4-8-17(20(23)24)18(16)13-5-2-1-3-6-13/h1-12,21H. The van der Waals surface area contributed by atoms with Gasteiger partial charge in [-0.05, 0) is 35.9 Å². The molecule has 0 aliphatic rings. The molecule has 0 spiro atoms. The van der Waals surface area contributed by atoms with Gasteiger partial charge in [-0.2, -0.15) is 0 Å². The average Bonchev–Trinajstić information content (AvgIpc) is 2.62. The molecule has 5 nitrogen and oxygen atoms in total. The molecule has 0 aromatic heterocycles. The maximum absolute atomic E-state index is 12.8. The van der Waals surface area contributed by atoms with E-state index in [4.69, 9.17) is 0 Å². The third-order valence-corrected chi connectivity index (χ3v) is 3.68. The highest BCUT2D eigenvalue weighted by molar-refractivity contribution is 6.14. The molecule has 0 unspecified atom stereocenters. The highest BCUT2D eigenvalue weighted by atomic mass is 16.6. The molecule has 24 heavy (non-hydrogen) atoms. The predicted molar refractivity (Wildman–Crippen MR) is 90.1 cm³/mol. The van der Waals surface area contributed by atoms with E-state index in [2.05, 4.69) is 0 Å². The number of benzene rings is 3. The molecule has 5 heteroatoms. The van der Waals surface area contributed by atoms with Crippen LogP contribution in [0.2, 0.25) is 0 Å². The van der Waals surface area contributed by atoms with Gasteiger partial charge in [0.25, 0.3) is 5.69 Å². The summed E-state index contributed by atoms with van der Waals surface area (Å²) in [7, 11) is 0. The zero-order valence-corrected chi connectivity index (χ0v) is 12.5. The second kappa shape index (κ2) is 6.34. The number of aromatic hydroxyl groups is 1. The van der Waals surface area contributed by atoms with Crippen LogP contribution in [0.3, 0.4) is 0 Å². The molecule has 3 rings (SSSR count). The molecule has 0 saturated carbocycles. The number of ketones is 1. The van der Waals surface area contributed by atoms with E-state index in [1.54, 1.807) is 36.4 Å². The Labute approximate surface area is 138 Å². The van der Waals surface area contributed by atoms with E-state index in [0.29, 0.717) is 16.7 Å². The minimum atomic E-state index is -0.490. The van der Waals surface area contributed by atoms with Crippen LogP contribution in [0.4, 0.5) is 5.69 Å². The van der Waals surface area contributed by atoms with Crippen LogP contribution in [0.25, 0.3) is 11.1 Å². The van der Waals surface area contributed by atoms with Gasteiger partial charge in [0.05, 0.1) is 10.5 Å². The quantitative estimate of drug-likeness (QED) is 0.444. The van der Waals surface area contributed by atoms with Crippen molar-refractivity contribution < 1.29 is 14.8 Å². The summed E-state index contributed by atoms with van der Waals surface area (Å²) in [5.41, 5.74) is 1.38. The molecule has 0 radical (unpaired) electrons. The normalized spacial score (nSPS) is 10.3. The number of hydrogen-bond acceptors (Lipinski definition) is 4. The van der Waals surface area contributed by atoms with Crippen molar-refractivity contribution in [2.75, 3.05) is 0 Å². The largest absolute Gasteiger partial charge is 0.508 e. The minimum absolute atomic E-state index is 0.0499. The van der Waals surface area contributed by atoms with E-state index in [1.165, 1.54) is 36.4 Å². The minimum Gasteiger partial charge on any atom is -0.508 e. The van der Waals surface area contributed by atoms with Gasteiger partial charge in [-0.1, -0.05) is 36.4 Å². The van der Waals surface area contributed by atoms with Gasteiger partial charge in [0.2, 0.25) is 0 Å². The van der Waals surface area contributed by atoms with E-state index in [-0.39, 0.29) is 22.8 Å². The molecular formula is C19H13NO4. The number of carbonyl (C=O) groups excluding carboxylic acids is 1. The van der Waals surface area contributed by atoms with E-state index >= 15 is 0 Å². The number of phenolic OH excluding ortho intramolecular Hbond substituents is 1. The Kier molecular flexibility index (Phi) is 4.07. The van der Waals surface area contributed by atoms with Gasteiger partial charge in [-0.3, -0.25) is 14.9 Å². The Bertz CT molecular complexity index is 902. The molecule has 0 aliphatic carbocycles. The highest BCUT2D eigenvalue weighted by Gasteiger charge is 2.23. The van der Waals surface area contributed by atoms with Gasteiger partial charge >= 0.3 is 0 Å². The van der Waals surface area contributed by atoms with Crippen molar-refractivity contribution in [3.8, 4) is 16.9 Å². The SMILES string of the molecule is O=C(c1ccc(O)cc1)c1cccc([N+](=O)[O-])c1-c1ccccc1. The van der Waals surface area contributed by atoms with Crippen LogP contribution in [0, 0.1) is 10.1 Å². The van der Waals surface area contributed by atoms with Crippen LogP contribution in [0.1, 0.15) is 15.9 Å². The first kappa shape index (κ1) is 15.4. The van der Waals surface area contributed by atoms with Crippen molar-refractivity contribution in [1.82, 2.24) is 0 Å². The Hall–Kier alpha value is -3.47. The summed E-state index contributed by atoms with van der Waals surface area (Å²) in [4.78, 5) is 23.7. The summed E-state index contributed by atoms with van der Waals surface area (Å²) in [5, 5.41) is 20.8. The van der Waals surface area contributed by atoms with Crippen molar-refractivity contribution in [2.45, 2.75) is 0 Å². The van der Waals surface area contributed by atoms with Gasteiger partial charge in [-0.25, -0.2) is 0 Å². The molecule has 0 bridgehead atoms. The maximum Gasteiger partial charge on any atom is 0.277 e. The fraction of sp³-hybridized carbons (Fsp3) is 0. The molecule has 0 aliphatic heterocycles. The molecule has 0 saturated heterocycles. The van der Waals surface area contributed by atoms with Crippen LogP contribution in [0.5, 0.6) is 5.75 Å². The molecule has 3 aromatic carbocycles.